The van der Waals surface area contributed by atoms with Crippen molar-refractivity contribution in [1.82, 2.24) is 4.90 Å². The molecule has 4 rings (SSSR count). The minimum Gasteiger partial charge on any atom is -0.458 e. The Balaban J connectivity index is 1.46. The second kappa shape index (κ2) is 7.08. The van der Waals surface area contributed by atoms with Crippen molar-refractivity contribution in [2.24, 2.45) is 0 Å². The fourth-order valence-electron chi connectivity index (χ4n) is 3.50. The SMILES string of the molecule is C/C(=C\C(=O)c1ccc2c(c1)OC=CO2)N1CCC(c2ccccc2)C1. The van der Waals surface area contributed by atoms with Crippen LogP contribution in [-0.2, 0) is 0 Å². The van der Waals surface area contributed by atoms with Crippen LogP contribution in [0.3, 0.4) is 0 Å². The van der Waals surface area contributed by atoms with Gasteiger partial charge in [0.25, 0.3) is 0 Å². The van der Waals surface area contributed by atoms with Gasteiger partial charge in [0, 0.05) is 36.3 Å². The van der Waals surface area contributed by atoms with Gasteiger partial charge in [-0.3, -0.25) is 4.79 Å². The molecule has 0 bridgehead atoms. The lowest BCUT2D eigenvalue weighted by molar-refractivity contribution is 0.104. The van der Waals surface area contributed by atoms with E-state index >= 15 is 0 Å². The van der Waals surface area contributed by atoms with Gasteiger partial charge in [0.1, 0.15) is 12.5 Å². The fourth-order valence-corrected chi connectivity index (χ4v) is 3.50. The van der Waals surface area contributed by atoms with Crippen molar-refractivity contribution in [2.45, 2.75) is 19.3 Å². The zero-order valence-corrected chi connectivity index (χ0v) is 14.7. The Hall–Kier alpha value is -3.01. The van der Waals surface area contributed by atoms with Crippen LogP contribution in [-0.4, -0.2) is 23.8 Å². The van der Waals surface area contributed by atoms with Crippen LogP contribution in [0.5, 0.6) is 11.5 Å². The lowest BCUT2D eigenvalue weighted by Gasteiger charge is -2.19. The van der Waals surface area contributed by atoms with Crippen molar-refractivity contribution in [3.8, 4) is 11.5 Å². The van der Waals surface area contributed by atoms with E-state index in [0.717, 1.165) is 25.2 Å². The molecule has 0 spiro atoms. The van der Waals surface area contributed by atoms with Crippen molar-refractivity contribution in [1.29, 1.82) is 0 Å². The minimum atomic E-state index is -0.0217. The standard InChI is InChI=1S/C22H21NO3/c1-16(23-10-9-19(15-23)17-5-3-2-4-6-17)13-20(24)18-7-8-21-22(14-18)26-12-11-25-21/h2-8,11-14,19H,9-10,15H2,1H3/b16-13+. The molecule has 0 amide bonds. The Morgan fingerprint density at radius 2 is 1.85 bits per heavy atom. The fraction of sp³-hybridized carbons (Fsp3) is 0.227. The summed E-state index contributed by atoms with van der Waals surface area (Å²) in [6.45, 7) is 3.93. The van der Waals surface area contributed by atoms with E-state index in [9.17, 15) is 4.79 Å². The number of hydrogen-bond acceptors (Lipinski definition) is 4. The highest BCUT2D eigenvalue weighted by atomic mass is 16.5. The van der Waals surface area contributed by atoms with Gasteiger partial charge < -0.3 is 14.4 Å². The van der Waals surface area contributed by atoms with Crippen LogP contribution < -0.4 is 9.47 Å². The number of carbonyl (C=O) groups is 1. The second-order valence-electron chi connectivity index (χ2n) is 6.66. The maximum absolute atomic E-state index is 12.6. The molecule has 0 saturated carbocycles. The highest BCUT2D eigenvalue weighted by Crippen LogP contribution is 2.32. The third kappa shape index (κ3) is 3.36. The van der Waals surface area contributed by atoms with Crippen molar-refractivity contribution in [3.63, 3.8) is 0 Å². The Bertz CT molecular complexity index is 870. The monoisotopic (exact) mass is 347 g/mol. The van der Waals surface area contributed by atoms with Crippen molar-refractivity contribution in [2.75, 3.05) is 13.1 Å². The lowest BCUT2D eigenvalue weighted by Crippen LogP contribution is -2.19. The Labute approximate surface area is 153 Å². The predicted molar refractivity (Wildman–Crippen MR) is 100 cm³/mol. The smallest absolute Gasteiger partial charge is 0.187 e. The molecule has 1 saturated heterocycles. The molecule has 2 aromatic rings. The molecule has 26 heavy (non-hydrogen) atoms. The van der Waals surface area contributed by atoms with Crippen LogP contribution in [0.2, 0.25) is 0 Å². The van der Waals surface area contributed by atoms with Gasteiger partial charge >= 0.3 is 0 Å². The van der Waals surface area contributed by atoms with E-state index in [1.54, 1.807) is 24.3 Å². The zero-order chi connectivity index (χ0) is 17.9. The number of rotatable bonds is 4. The van der Waals surface area contributed by atoms with Crippen LogP contribution in [0.25, 0.3) is 0 Å². The van der Waals surface area contributed by atoms with E-state index in [4.69, 9.17) is 9.47 Å². The molecule has 4 nitrogen and oxygen atoms in total. The summed E-state index contributed by atoms with van der Waals surface area (Å²) in [6.07, 6.45) is 5.77. The van der Waals surface area contributed by atoms with E-state index in [0.29, 0.717) is 23.0 Å². The molecule has 0 radical (unpaired) electrons. The predicted octanol–water partition coefficient (Wildman–Crippen LogP) is 4.51. The molecule has 1 unspecified atom stereocenters. The van der Waals surface area contributed by atoms with Crippen LogP contribution >= 0.6 is 0 Å². The normalized spacial score (nSPS) is 18.9. The average molecular weight is 347 g/mol. The first kappa shape index (κ1) is 16.5. The number of hydrogen-bond donors (Lipinski definition) is 0. The largest absolute Gasteiger partial charge is 0.458 e. The number of allylic oxidation sites excluding steroid dienone is 2. The number of carbonyl (C=O) groups excluding carboxylic acids is 1. The summed E-state index contributed by atoms with van der Waals surface area (Å²) in [6, 6.07) is 15.8. The summed E-state index contributed by atoms with van der Waals surface area (Å²) >= 11 is 0. The van der Waals surface area contributed by atoms with Gasteiger partial charge in [-0.05, 0) is 37.1 Å². The van der Waals surface area contributed by atoms with Gasteiger partial charge in [-0.2, -0.15) is 0 Å². The molecule has 0 N–H and O–H groups in total. The van der Waals surface area contributed by atoms with Gasteiger partial charge in [0.15, 0.2) is 17.3 Å². The highest BCUT2D eigenvalue weighted by Gasteiger charge is 2.24. The summed E-state index contributed by atoms with van der Waals surface area (Å²) in [5.41, 5.74) is 2.97. The highest BCUT2D eigenvalue weighted by molar-refractivity contribution is 6.05. The molecular formula is C22H21NO3. The summed E-state index contributed by atoms with van der Waals surface area (Å²) in [5, 5.41) is 0. The molecule has 0 aliphatic carbocycles. The summed E-state index contributed by atoms with van der Waals surface area (Å²) in [5.74, 6) is 1.69. The number of benzene rings is 2. The van der Waals surface area contributed by atoms with Gasteiger partial charge in [0.2, 0.25) is 0 Å². The van der Waals surface area contributed by atoms with Gasteiger partial charge in [-0.25, -0.2) is 0 Å². The van der Waals surface area contributed by atoms with Gasteiger partial charge in [0.05, 0.1) is 0 Å². The van der Waals surface area contributed by atoms with Crippen molar-refractivity contribution < 1.29 is 14.3 Å². The molecule has 2 heterocycles. The number of fused-ring (bicyclic) bond motifs is 1. The second-order valence-corrected chi connectivity index (χ2v) is 6.66. The van der Waals surface area contributed by atoms with Crippen LogP contribution in [0.1, 0.15) is 35.2 Å². The van der Waals surface area contributed by atoms with Crippen molar-refractivity contribution in [3.05, 3.63) is 84.0 Å². The third-order valence-electron chi connectivity index (χ3n) is 4.97. The van der Waals surface area contributed by atoms with E-state index in [1.807, 2.05) is 13.0 Å². The Morgan fingerprint density at radius 1 is 1.08 bits per heavy atom. The summed E-state index contributed by atoms with van der Waals surface area (Å²) in [4.78, 5) is 14.9. The lowest BCUT2D eigenvalue weighted by atomic mass is 9.99. The molecular weight excluding hydrogens is 326 g/mol. The van der Waals surface area contributed by atoms with Crippen molar-refractivity contribution >= 4 is 5.78 Å². The Kier molecular flexibility index (Phi) is 4.48. The van der Waals surface area contributed by atoms with Gasteiger partial charge in [-0.1, -0.05) is 30.3 Å². The Morgan fingerprint density at radius 3 is 2.65 bits per heavy atom. The summed E-state index contributed by atoms with van der Waals surface area (Å²) in [7, 11) is 0. The molecule has 1 atom stereocenters. The molecule has 4 heteroatoms. The third-order valence-corrected chi connectivity index (χ3v) is 4.97. The quantitative estimate of drug-likeness (QED) is 0.603. The molecule has 2 aromatic carbocycles. The van der Waals surface area contributed by atoms with E-state index < -0.39 is 0 Å². The average Bonchev–Trinajstić information content (AvgIpc) is 3.18. The number of ether oxygens (including phenoxy) is 2. The van der Waals surface area contributed by atoms with Crippen LogP contribution in [0.15, 0.2) is 72.8 Å². The zero-order valence-electron chi connectivity index (χ0n) is 14.7. The minimum absolute atomic E-state index is 0.0217. The maximum Gasteiger partial charge on any atom is 0.187 e. The maximum atomic E-state index is 12.6. The van der Waals surface area contributed by atoms with E-state index in [-0.39, 0.29) is 5.78 Å². The topological polar surface area (TPSA) is 38.8 Å². The van der Waals surface area contributed by atoms with Crippen LogP contribution in [0.4, 0.5) is 0 Å². The molecule has 2 aliphatic rings. The summed E-state index contributed by atoms with van der Waals surface area (Å²) < 4.78 is 10.7. The van der Waals surface area contributed by atoms with E-state index in [2.05, 4.69) is 29.2 Å². The molecule has 0 aromatic heterocycles. The number of nitrogens with zero attached hydrogens (tertiary/aromatic N) is 1. The van der Waals surface area contributed by atoms with E-state index in [1.165, 1.54) is 18.1 Å². The number of ketones is 1. The molecule has 2 aliphatic heterocycles. The van der Waals surface area contributed by atoms with Crippen LogP contribution in [0, 0.1) is 0 Å². The first-order chi connectivity index (χ1) is 12.7. The van der Waals surface area contributed by atoms with Gasteiger partial charge in [-0.15, -0.1) is 0 Å². The number of likely N-dealkylation sites (tertiary alicyclic amines) is 1. The molecule has 132 valence electrons. The first-order valence-electron chi connectivity index (χ1n) is 8.85. The molecule has 1 fully saturated rings. The first-order valence-corrected chi connectivity index (χ1v) is 8.85.